The maximum absolute atomic E-state index is 13.9. The summed E-state index contributed by atoms with van der Waals surface area (Å²) in [5, 5.41) is 0. The number of methoxy groups -OCH3 is 2. The average molecular weight is 634 g/mol. The highest BCUT2D eigenvalue weighted by atomic mass is 32.2. The molecule has 2 atom stereocenters. The van der Waals surface area contributed by atoms with Crippen molar-refractivity contribution >= 4 is 22.0 Å². The first kappa shape index (κ1) is 35.1. The molecular formula is C32H47N3O8S. The first-order valence-electron chi connectivity index (χ1n) is 14.9. The van der Waals surface area contributed by atoms with E-state index in [-0.39, 0.29) is 43.3 Å². The summed E-state index contributed by atoms with van der Waals surface area (Å²) in [6.45, 7) is 10.6. The Morgan fingerprint density at radius 2 is 1.73 bits per heavy atom. The van der Waals surface area contributed by atoms with Crippen LogP contribution < -0.4 is 14.2 Å². The molecule has 1 aliphatic heterocycles. The molecule has 0 spiro atoms. The van der Waals surface area contributed by atoms with Gasteiger partial charge in [0.25, 0.3) is 5.91 Å². The fourth-order valence-electron chi connectivity index (χ4n) is 4.99. The van der Waals surface area contributed by atoms with E-state index in [1.807, 2.05) is 19.9 Å². The summed E-state index contributed by atoms with van der Waals surface area (Å²) in [5.41, 5.74) is 0.344. The van der Waals surface area contributed by atoms with Gasteiger partial charge in [-0.1, -0.05) is 30.3 Å². The van der Waals surface area contributed by atoms with Crippen LogP contribution in [0.2, 0.25) is 0 Å². The molecule has 1 N–H and O–H groups in total. The zero-order chi connectivity index (χ0) is 32.5. The van der Waals surface area contributed by atoms with Crippen molar-refractivity contribution < 1.29 is 37.0 Å². The van der Waals surface area contributed by atoms with Crippen molar-refractivity contribution in [3.8, 4) is 11.5 Å². The molecule has 44 heavy (non-hydrogen) atoms. The lowest BCUT2D eigenvalue weighted by Crippen LogP contribution is -2.47. The topological polar surface area (TPSA) is 124 Å². The number of sulfonamides is 1. The van der Waals surface area contributed by atoms with Gasteiger partial charge in [-0.2, -0.15) is 0 Å². The predicted octanol–water partition coefficient (Wildman–Crippen LogP) is 4.32. The lowest BCUT2D eigenvalue weighted by Gasteiger charge is -2.31. The van der Waals surface area contributed by atoms with Crippen LogP contribution in [0.25, 0.3) is 0 Å². The number of benzene rings is 2. The van der Waals surface area contributed by atoms with Gasteiger partial charge in [0.1, 0.15) is 5.60 Å². The Labute approximate surface area is 261 Å². The molecule has 1 saturated heterocycles. The fraction of sp³-hybridized carbons (Fsp3) is 0.562. The number of hydrogen-bond acceptors (Lipinski definition) is 8. The molecule has 2 amide bonds. The molecule has 2 unspecified atom stereocenters. The zero-order valence-corrected chi connectivity index (χ0v) is 27.7. The van der Waals surface area contributed by atoms with Crippen LogP contribution in [0.3, 0.4) is 0 Å². The van der Waals surface area contributed by atoms with Gasteiger partial charge in [-0.3, -0.25) is 4.79 Å². The maximum atomic E-state index is 13.9. The van der Waals surface area contributed by atoms with Crippen LogP contribution in [0.15, 0.2) is 48.5 Å². The van der Waals surface area contributed by atoms with Crippen LogP contribution in [-0.2, 0) is 25.2 Å². The molecule has 2 aromatic rings. The van der Waals surface area contributed by atoms with Gasteiger partial charge in [-0.05, 0) is 58.4 Å². The van der Waals surface area contributed by atoms with E-state index < -0.39 is 27.8 Å². The van der Waals surface area contributed by atoms with E-state index in [0.29, 0.717) is 42.3 Å². The SMILES string of the molecule is COCCCOc1cc(C(=O)N(CC2CN(C(=O)OC(C)(C)C)CC2NS(=O)(=O)Cc2ccccc2)C(C)C)ccc1OC. The molecular weight excluding hydrogens is 586 g/mol. The number of amides is 2. The van der Waals surface area contributed by atoms with E-state index in [1.165, 1.54) is 12.0 Å². The molecule has 1 fully saturated rings. The van der Waals surface area contributed by atoms with Gasteiger partial charge in [0.15, 0.2) is 11.5 Å². The first-order valence-corrected chi connectivity index (χ1v) is 16.5. The Hall–Kier alpha value is -3.35. The van der Waals surface area contributed by atoms with Gasteiger partial charge in [-0.25, -0.2) is 17.9 Å². The quantitative estimate of drug-likeness (QED) is 0.305. The van der Waals surface area contributed by atoms with E-state index in [9.17, 15) is 18.0 Å². The summed E-state index contributed by atoms with van der Waals surface area (Å²) in [6, 6.07) is 13.1. The summed E-state index contributed by atoms with van der Waals surface area (Å²) >= 11 is 0. The number of ether oxygens (including phenoxy) is 4. The van der Waals surface area contributed by atoms with Crippen molar-refractivity contribution in [1.82, 2.24) is 14.5 Å². The molecule has 11 nitrogen and oxygen atoms in total. The second-order valence-corrected chi connectivity index (χ2v) is 14.0. The Kier molecular flexibility index (Phi) is 12.4. The molecule has 0 bridgehead atoms. The molecule has 0 aliphatic carbocycles. The molecule has 0 aromatic heterocycles. The van der Waals surface area contributed by atoms with Crippen molar-refractivity contribution in [3.63, 3.8) is 0 Å². The molecule has 0 saturated carbocycles. The lowest BCUT2D eigenvalue weighted by atomic mass is 10.0. The van der Waals surface area contributed by atoms with Crippen LogP contribution >= 0.6 is 0 Å². The highest BCUT2D eigenvalue weighted by Gasteiger charge is 2.41. The number of carbonyl (C=O) groups is 2. The standard InChI is InChI=1S/C32H47N3O8S/c1-23(2)35(30(36)25-14-15-28(41-7)29(18-25)42-17-11-16-40-6)20-26-19-34(31(37)43-32(3,4)5)21-27(26)33-44(38,39)22-24-12-9-8-10-13-24/h8-10,12-15,18,23,26-27,33H,11,16-17,19-22H2,1-7H3. The maximum Gasteiger partial charge on any atom is 0.410 e. The number of rotatable bonds is 14. The third kappa shape index (κ3) is 10.4. The minimum absolute atomic E-state index is 0.121. The molecule has 2 aromatic carbocycles. The first-order chi connectivity index (χ1) is 20.7. The normalized spacial score (nSPS) is 17.0. The van der Waals surface area contributed by atoms with Crippen molar-refractivity contribution in [3.05, 3.63) is 59.7 Å². The van der Waals surface area contributed by atoms with Gasteiger partial charge in [0, 0.05) is 63.3 Å². The van der Waals surface area contributed by atoms with Crippen molar-refractivity contribution in [1.29, 1.82) is 0 Å². The van der Waals surface area contributed by atoms with Gasteiger partial charge in [0.05, 0.1) is 19.5 Å². The third-order valence-corrected chi connectivity index (χ3v) is 8.47. The Morgan fingerprint density at radius 1 is 1.02 bits per heavy atom. The smallest absolute Gasteiger partial charge is 0.410 e. The van der Waals surface area contributed by atoms with Gasteiger partial charge in [-0.15, -0.1) is 0 Å². The molecule has 1 heterocycles. The minimum Gasteiger partial charge on any atom is -0.493 e. The van der Waals surface area contributed by atoms with Gasteiger partial charge < -0.3 is 28.7 Å². The van der Waals surface area contributed by atoms with Crippen LogP contribution in [0, 0.1) is 5.92 Å². The summed E-state index contributed by atoms with van der Waals surface area (Å²) < 4.78 is 51.3. The van der Waals surface area contributed by atoms with E-state index in [4.69, 9.17) is 18.9 Å². The molecule has 12 heteroatoms. The van der Waals surface area contributed by atoms with Crippen LogP contribution in [0.5, 0.6) is 11.5 Å². The second-order valence-electron chi connectivity index (χ2n) is 12.2. The summed E-state index contributed by atoms with van der Waals surface area (Å²) in [5.74, 6) is 0.122. The number of nitrogens with zero attached hydrogens (tertiary/aromatic N) is 2. The predicted molar refractivity (Wildman–Crippen MR) is 168 cm³/mol. The van der Waals surface area contributed by atoms with Crippen molar-refractivity contribution in [2.45, 2.75) is 64.5 Å². The van der Waals surface area contributed by atoms with Crippen LogP contribution in [0.1, 0.15) is 57.0 Å². The number of hydrogen-bond donors (Lipinski definition) is 1. The van der Waals surface area contributed by atoms with E-state index in [2.05, 4.69) is 4.72 Å². The number of likely N-dealkylation sites (tertiary alicyclic amines) is 1. The van der Waals surface area contributed by atoms with E-state index in [1.54, 1.807) is 75.2 Å². The van der Waals surface area contributed by atoms with Gasteiger partial charge >= 0.3 is 6.09 Å². The van der Waals surface area contributed by atoms with E-state index in [0.717, 1.165) is 0 Å². The highest BCUT2D eigenvalue weighted by molar-refractivity contribution is 7.88. The Morgan fingerprint density at radius 3 is 2.34 bits per heavy atom. The average Bonchev–Trinajstić information content (AvgIpc) is 3.34. The summed E-state index contributed by atoms with van der Waals surface area (Å²) in [4.78, 5) is 30.1. The molecule has 3 rings (SSSR count). The lowest BCUT2D eigenvalue weighted by molar-refractivity contribution is 0.0283. The Bertz CT molecular complexity index is 1350. The minimum atomic E-state index is -3.76. The molecule has 244 valence electrons. The zero-order valence-electron chi connectivity index (χ0n) is 26.9. The van der Waals surface area contributed by atoms with Gasteiger partial charge in [0.2, 0.25) is 10.0 Å². The monoisotopic (exact) mass is 633 g/mol. The Balaban J connectivity index is 1.85. The van der Waals surface area contributed by atoms with E-state index >= 15 is 0 Å². The van der Waals surface area contributed by atoms with Crippen LogP contribution in [-0.4, -0.2) is 95.0 Å². The highest BCUT2D eigenvalue weighted by Crippen LogP contribution is 2.30. The number of carbonyl (C=O) groups excluding carboxylic acids is 2. The van der Waals surface area contributed by atoms with Crippen LogP contribution in [0.4, 0.5) is 4.79 Å². The molecule has 0 radical (unpaired) electrons. The largest absolute Gasteiger partial charge is 0.493 e. The summed E-state index contributed by atoms with van der Waals surface area (Å²) in [7, 11) is -0.604. The van der Waals surface area contributed by atoms with Crippen molar-refractivity contribution in [2.75, 3.05) is 47.1 Å². The summed E-state index contributed by atoms with van der Waals surface area (Å²) in [6.07, 6.45) is 0.146. The number of nitrogens with one attached hydrogen (secondary N) is 1. The second kappa shape index (κ2) is 15.6. The third-order valence-electron chi connectivity index (χ3n) is 7.10. The van der Waals surface area contributed by atoms with Crippen molar-refractivity contribution in [2.24, 2.45) is 5.92 Å². The molecule has 1 aliphatic rings. The fourth-order valence-corrected chi connectivity index (χ4v) is 6.43.